The Morgan fingerprint density at radius 1 is 1.11 bits per heavy atom. The maximum atomic E-state index is 14.3. The van der Waals surface area contributed by atoms with E-state index in [1.807, 2.05) is 13.8 Å². The summed E-state index contributed by atoms with van der Waals surface area (Å²) < 4.78 is 82.4. The van der Waals surface area contributed by atoms with Crippen LogP contribution in [0.25, 0.3) is 0 Å². The largest absolute Gasteiger partial charge is 0.490 e. The molecule has 2 aromatic carbocycles. The maximum absolute atomic E-state index is 14.3. The lowest BCUT2D eigenvalue weighted by Crippen LogP contribution is -2.48. The number of likely N-dealkylation sites (N-methyl/N-ethyl adjacent to an activating group) is 1. The Labute approximate surface area is 280 Å². The van der Waals surface area contributed by atoms with E-state index in [1.54, 1.807) is 24.4 Å². The summed E-state index contributed by atoms with van der Waals surface area (Å²) in [6, 6.07) is 11.3. The highest BCUT2D eigenvalue weighted by atomic mass is 32.2. The number of fused-ring (bicyclic) bond motifs is 1. The number of sulfonamides is 2. The van der Waals surface area contributed by atoms with Gasteiger partial charge in [-0.15, -0.1) is 11.3 Å². The van der Waals surface area contributed by atoms with E-state index >= 15 is 0 Å². The van der Waals surface area contributed by atoms with Crippen LogP contribution in [-0.4, -0.2) is 88.7 Å². The Morgan fingerprint density at radius 3 is 2.49 bits per heavy atom. The molecule has 1 amide bonds. The van der Waals surface area contributed by atoms with Crippen LogP contribution in [0.2, 0.25) is 0 Å². The molecule has 0 aliphatic carbocycles. The minimum atomic E-state index is -4.12. The lowest BCUT2D eigenvalue weighted by molar-refractivity contribution is -0.00832. The van der Waals surface area contributed by atoms with Crippen molar-refractivity contribution in [1.82, 2.24) is 9.21 Å². The van der Waals surface area contributed by atoms with Crippen LogP contribution in [0.15, 0.2) is 69.1 Å². The molecule has 0 saturated carbocycles. The number of rotatable bonds is 9. The molecule has 0 spiro atoms. The van der Waals surface area contributed by atoms with E-state index in [9.17, 15) is 31.1 Å². The minimum absolute atomic E-state index is 0.0440. The van der Waals surface area contributed by atoms with Crippen molar-refractivity contribution in [3.8, 4) is 5.75 Å². The van der Waals surface area contributed by atoms with Crippen LogP contribution in [0.1, 0.15) is 50.4 Å². The van der Waals surface area contributed by atoms with Gasteiger partial charge >= 0.3 is 0 Å². The highest BCUT2D eigenvalue weighted by Gasteiger charge is 2.33. The van der Waals surface area contributed by atoms with Crippen molar-refractivity contribution in [2.75, 3.05) is 38.1 Å². The predicted molar refractivity (Wildman–Crippen MR) is 178 cm³/mol. The molecule has 258 valence electrons. The molecular weight excluding hydrogens is 670 g/mol. The monoisotopic (exact) mass is 711 g/mol. The van der Waals surface area contributed by atoms with Crippen molar-refractivity contribution >= 4 is 43.0 Å². The molecule has 11 nitrogen and oxygen atoms in total. The summed E-state index contributed by atoms with van der Waals surface area (Å²) in [4.78, 5) is 15.6. The number of hydrogen-bond donors (Lipinski definition) is 2. The Kier molecular flexibility index (Phi) is 12.4. The standard InChI is InChI=1S/C32H42FN3O8S3/c1-22-19-36(23(2)21-37)32(38)28-18-26(34-46(39,40)27-13-10-25(33)11-14-27)12-15-29(28)44-24(3)8-5-6-16-43-30(22)20-35(4)47(41,42)31-9-7-17-45-31/h7,9-15,17-18,22-24,30,34,37H,5-6,8,16,19-21H2,1-4H3/t22-,23+,24-,30+/m1/s1. The number of aliphatic hydroxyl groups is 1. The zero-order valence-electron chi connectivity index (χ0n) is 26.8. The van der Waals surface area contributed by atoms with Gasteiger partial charge in [0.25, 0.3) is 26.0 Å². The number of halogens is 1. The third kappa shape index (κ3) is 9.30. The number of carbonyl (C=O) groups is 1. The molecule has 1 aliphatic heterocycles. The summed E-state index contributed by atoms with van der Waals surface area (Å²) in [5, 5.41) is 11.9. The molecule has 47 heavy (non-hydrogen) atoms. The number of nitrogens with zero attached hydrogens (tertiary/aromatic N) is 2. The Balaban J connectivity index is 1.68. The zero-order chi connectivity index (χ0) is 34.4. The molecule has 2 heterocycles. The summed E-state index contributed by atoms with van der Waals surface area (Å²) in [6.07, 6.45) is 1.20. The molecule has 0 saturated heterocycles. The lowest BCUT2D eigenvalue weighted by atomic mass is 10.0. The molecule has 0 bridgehead atoms. The fourth-order valence-electron chi connectivity index (χ4n) is 5.19. The maximum Gasteiger partial charge on any atom is 0.261 e. The summed E-state index contributed by atoms with van der Waals surface area (Å²) >= 11 is 1.13. The number of benzene rings is 2. The fourth-order valence-corrected chi connectivity index (χ4v) is 8.63. The third-order valence-corrected chi connectivity index (χ3v) is 12.6. The normalized spacial score (nSPS) is 21.0. The van der Waals surface area contributed by atoms with Gasteiger partial charge in [-0.1, -0.05) is 13.0 Å². The molecule has 4 atom stereocenters. The number of carbonyl (C=O) groups excluding carboxylic acids is 1. The molecule has 1 aliphatic rings. The molecule has 1 aromatic heterocycles. The quantitative estimate of drug-likeness (QED) is 0.322. The van der Waals surface area contributed by atoms with Gasteiger partial charge in [-0.2, -0.15) is 4.31 Å². The summed E-state index contributed by atoms with van der Waals surface area (Å²) in [7, 11) is -6.37. The highest BCUT2D eigenvalue weighted by Crippen LogP contribution is 2.30. The van der Waals surface area contributed by atoms with E-state index in [4.69, 9.17) is 9.47 Å². The highest BCUT2D eigenvalue weighted by molar-refractivity contribution is 7.92. The summed E-state index contributed by atoms with van der Waals surface area (Å²) in [6.45, 7) is 5.57. The van der Waals surface area contributed by atoms with Gasteiger partial charge < -0.3 is 19.5 Å². The first-order valence-corrected chi connectivity index (χ1v) is 19.2. The number of anilines is 1. The van der Waals surface area contributed by atoms with Crippen molar-refractivity contribution in [2.45, 2.75) is 67.4 Å². The molecular formula is C32H42FN3O8S3. The van der Waals surface area contributed by atoms with Gasteiger partial charge in [0.1, 0.15) is 15.8 Å². The van der Waals surface area contributed by atoms with Gasteiger partial charge in [0.05, 0.1) is 35.3 Å². The third-order valence-electron chi connectivity index (χ3n) is 8.02. The second-order valence-electron chi connectivity index (χ2n) is 11.8. The number of thiophene rings is 1. The van der Waals surface area contributed by atoms with Crippen LogP contribution >= 0.6 is 11.3 Å². The van der Waals surface area contributed by atoms with Crippen LogP contribution in [0.3, 0.4) is 0 Å². The smallest absolute Gasteiger partial charge is 0.261 e. The molecule has 2 N–H and O–H groups in total. The topological polar surface area (TPSA) is 143 Å². The Bertz CT molecular complexity index is 1700. The second-order valence-corrected chi connectivity index (χ2v) is 16.7. The average molecular weight is 712 g/mol. The average Bonchev–Trinajstić information content (AvgIpc) is 3.59. The first-order valence-electron chi connectivity index (χ1n) is 15.3. The van der Waals surface area contributed by atoms with E-state index in [0.29, 0.717) is 19.4 Å². The van der Waals surface area contributed by atoms with Crippen molar-refractivity contribution in [3.63, 3.8) is 0 Å². The molecule has 0 fully saturated rings. The van der Waals surface area contributed by atoms with Crippen LogP contribution in [0.4, 0.5) is 10.1 Å². The molecule has 0 radical (unpaired) electrons. The predicted octanol–water partition coefficient (Wildman–Crippen LogP) is 4.80. The minimum Gasteiger partial charge on any atom is -0.490 e. The van der Waals surface area contributed by atoms with Gasteiger partial charge in [0, 0.05) is 38.3 Å². The number of ether oxygens (including phenoxy) is 2. The van der Waals surface area contributed by atoms with Crippen molar-refractivity contribution in [1.29, 1.82) is 0 Å². The van der Waals surface area contributed by atoms with E-state index in [1.165, 1.54) is 34.5 Å². The van der Waals surface area contributed by atoms with Crippen LogP contribution in [0.5, 0.6) is 5.75 Å². The van der Waals surface area contributed by atoms with Gasteiger partial charge in [0.2, 0.25) is 0 Å². The van der Waals surface area contributed by atoms with Gasteiger partial charge in [-0.25, -0.2) is 21.2 Å². The first kappa shape index (κ1) is 36.8. The van der Waals surface area contributed by atoms with Gasteiger partial charge in [-0.3, -0.25) is 9.52 Å². The number of nitrogens with one attached hydrogen (secondary N) is 1. The lowest BCUT2D eigenvalue weighted by Gasteiger charge is -2.35. The SMILES string of the molecule is C[C@@H]1CCCCO[C@@H](CN(C)S(=O)(=O)c2cccs2)[C@H](C)CN([C@@H](C)CO)C(=O)c2cc(NS(=O)(=O)c3ccc(F)cc3)ccc2O1. The van der Waals surface area contributed by atoms with E-state index in [0.717, 1.165) is 42.0 Å². The molecule has 3 aromatic rings. The van der Waals surface area contributed by atoms with Crippen molar-refractivity contribution < 1.29 is 40.6 Å². The van der Waals surface area contributed by atoms with Gasteiger partial charge in [0.15, 0.2) is 0 Å². The van der Waals surface area contributed by atoms with Crippen molar-refractivity contribution in [2.24, 2.45) is 5.92 Å². The van der Waals surface area contributed by atoms with Crippen LogP contribution in [0, 0.1) is 11.7 Å². The zero-order valence-corrected chi connectivity index (χ0v) is 29.3. The first-order chi connectivity index (χ1) is 22.2. The summed E-state index contributed by atoms with van der Waals surface area (Å²) in [5.74, 6) is -1.22. The number of aliphatic hydroxyl groups excluding tert-OH is 1. The Hall–Kier alpha value is -3.08. The van der Waals surface area contributed by atoms with E-state index in [2.05, 4.69) is 4.72 Å². The van der Waals surface area contributed by atoms with E-state index < -0.39 is 43.9 Å². The van der Waals surface area contributed by atoms with Crippen LogP contribution in [-0.2, 0) is 24.8 Å². The van der Waals surface area contributed by atoms with E-state index in [-0.39, 0.29) is 57.8 Å². The fraction of sp³-hybridized carbons (Fsp3) is 0.469. The van der Waals surface area contributed by atoms with Crippen molar-refractivity contribution in [3.05, 3.63) is 71.4 Å². The molecule has 15 heteroatoms. The second kappa shape index (κ2) is 15.9. The number of hydrogen-bond acceptors (Lipinski definition) is 9. The van der Waals surface area contributed by atoms with Gasteiger partial charge in [-0.05, 0) is 87.0 Å². The Morgan fingerprint density at radius 2 is 1.83 bits per heavy atom. The van der Waals surface area contributed by atoms with Crippen LogP contribution < -0.4 is 9.46 Å². The number of amides is 1. The molecule has 4 rings (SSSR count). The molecule has 0 unspecified atom stereocenters. The summed E-state index contributed by atoms with van der Waals surface area (Å²) in [5.41, 5.74) is 0.167.